The SMILES string of the molecule is COc1ccc(CCCNC(=O)CSCc2ccccc2C)cc1. The van der Waals surface area contributed by atoms with E-state index in [1.807, 2.05) is 24.3 Å². The fourth-order valence-electron chi connectivity index (χ4n) is 2.39. The molecule has 0 atom stereocenters. The minimum atomic E-state index is 0.114. The molecule has 0 aliphatic heterocycles. The maximum absolute atomic E-state index is 11.9. The van der Waals surface area contributed by atoms with Crippen LogP contribution in [0.3, 0.4) is 0 Å². The van der Waals surface area contributed by atoms with Gasteiger partial charge in [0, 0.05) is 12.3 Å². The van der Waals surface area contributed by atoms with Gasteiger partial charge in [-0.3, -0.25) is 4.79 Å². The first-order chi connectivity index (χ1) is 11.7. The number of methoxy groups -OCH3 is 1. The van der Waals surface area contributed by atoms with Crippen molar-refractivity contribution in [3.05, 3.63) is 65.2 Å². The summed E-state index contributed by atoms with van der Waals surface area (Å²) in [5.41, 5.74) is 3.85. The molecule has 1 N–H and O–H groups in total. The summed E-state index contributed by atoms with van der Waals surface area (Å²) < 4.78 is 5.14. The summed E-state index contributed by atoms with van der Waals surface area (Å²) >= 11 is 1.66. The maximum Gasteiger partial charge on any atom is 0.230 e. The normalized spacial score (nSPS) is 10.4. The van der Waals surface area contributed by atoms with Gasteiger partial charge in [0.2, 0.25) is 5.91 Å². The van der Waals surface area contributed by atoms with Gasteiger partial charge >= 0.3 is 0 Å². The van der Waals surface area contributed by atoms with E-state index in [1.165, 1.54) is 16.7 Å². The van der Waals surface area contributed by atoms with Crippen LogP contribution in [0.4, 0.5) is 0 Å². The number of carbonyl (C=O) groups excluding carboxylic acids is 1. The molecule has 4 heteroatoms. The summed E-state index contributed by atoms with van der Waals surface area (Å²) in [5, 5.41) is 2.99. The van der Waals surface area contributed by atoms with Gasteiger partial charge < -0.3 is 10.1 Å². The van der Waals surface area contributed by atoms with Crippen molar-refractivity contribution in [2.24, 2.45) is 0 Å². The third-order valence-corrected chi connectivity index (χ3v) is 4.86. The summed E-state index contributed by atoms with van der Waals surface area (Å²) in [7, 11) is 1.67. The predicted molar refractivity (Wildman–Crippen MR) is 102 cm³/mol. The lowest BCUT2D eigenvalue weighted by molar-refractivity contribution is -0.118. The molecule has 0 aliphatic carbocycles. The Morgan fingerprint density at radius 2 is 1.88 bits per heavy atom. The van der Waals surface area contributed by atoms with Crippen LogP contribution in [0, 0.1) is 6.92 Å². The topological polar surface area (TPSA) is 38.3 Å². The molecule has 0 aromatic heterocycles. The van der Waals surface area contributed by atoms with Crippen LogP contribution in [-0.4, -0.2) is 25.3 Å². The highest BCUT2D eigenvalue weighted by atomic mass is 32.2. The smallest absolute Gasteiger partial charge is 0.230 e. The van der Waals surface area contributed by atoms with E-state index in [0.717, 1.165) is 30.9 Å². The number of hydrogen-bond acceptors (Lipinski definition) is 3. The van der Waals surface area contributed by atoms with Gasteiger partial charge in [0.05, 0.1) is 12.9 Å². The summed E-state index contributed by atoms with van der Waals surface area (Å²) in [6.45, 7) is 2.82. The molecule has 0 unspecified atom stereocenters. The molecular formula is C20H25NO2S. The van der Waals surface area contributed by atoms with Crippen molar-refractivity contribution in [1.29, 1.82) is 0 Å². The van der Waals surface area contributed by atoms with Crippen molar-refractivity contribution in [1.82, 2.24) is 5.32 Å². The molecule has 2 rings (SSSR count). The second-order valence-corrected chi connectivity index (χ2v) is 6.71. The van der Waals surface area contributed by atoms with E-state index in [-0.39, 0.29) is 5.91 Å². The molecule has 24 heavy (non-hydrogen) atoms. The van der Waals surface area contributed by atoms with E-state index < -0.39 is 0 Å². The fraction of sp³-hybridized carbons (Fsp3) is 0.350. The first-order valence-corrected chi connectivity index (χ1v) is 9.36. The summed E-state index contributed by atoms with van der Waals surface area (Å²) in [6, 6.07) is 16.4. The molecule has 0 heterocycles. The van der Waals surface area contributed by atoms with Crippen molar-refractivity contribution >= 4 is 17.7 Å². The Morgan fingerprint density at radius 3 is 2.58 bits per heavy atom. The number of benzene rings is 2. The summed E-state index contributed by atoms with van der Waals surface area (Å²) in [5.74, 6) is 2.38. The van der Waals surface area contributed by atoms with Crippen LogP contribution in [-0.2, 0) is 17.0 Å². The average Bonchev–Trinajstić information content (AvgIpc) is 2.61. The number of thioether (sulfide) groups is 1. The third kappa shape index (κ3) is 6.28. The van der Waals surface area contributed by atoms with Crippen molar-refractivity contribution in [3.63, 3.8) is 0 Å². The van der Waals surface area contributed by atoms with E-state index in [0.29, 0.717) is 5.75 Å². The highest BCUT2D eigenvalue weighted by molar-refractivity contribution is 7.99. The van der Waals surface area contributed by atoms with Crippen LogP contribution in [0.25, 0.3) is 0 Å². The molecule has 3 nitrogen and oxygen atoms in total. The quantitative estimate of drug-likeness (QED) is 0.700. The van der Waals surface area contributed by atoms with Crippen LogP contribution in [0.5, 0.6) is 5.75 Å². The Hall–Kier alpha value is -1.94. The number of hydrogen-bond donors (Lipinski definition) is 1. The van der Waals surface area contributed by atoms with Crippen molar-refractivity contribution in [2.75, 3.05) is 19.4 Å². The fourth-order valence-corrected chi connectivity index (χ4v) is 3.32. The number of nitrogens with one attached hydrogen (secondary N) is 1. The van der Waals surface area contributed by atoms with Gasteiger partial charge in [-0.15, -0.1) is 11.8 Å². The van der Waals surface area contributed by atoms with Gasteiger partial charge in [-0.1, -0.05) is 36.4 Å². The molecule has 0 saturated heterocycles. The second-order valence-electron chi connectivity index (χ2n) is 5.72. The van der Waals surface area contributed by atoms with Gasteiger partial charge in [-0.2, -0.15) is 0 Å². The molecule has 0 radical (unpaired) electrons. The van der Waals surface area contributed by atoms with E-state index in [9.17, 15) is 4.79 Å². The minimum Gasteiger partial charge on any atom is -0.497 e. The molecular weight excluding hydrogens is 318 g/mol. The Kier molecular flexibility index (Phi) is 7.69. The van der Waals surface area contributed by atoms with Gasteiger partial charge in [-0.25, -0.2) is 0 Å². The van der Waals surface area contributed by atoms with Gasteiger partial charge in [-0.05, 0) is 48.6 Å². The number of ether oxygens (including phenoxy) is 1. The lowest BCUT2D eigenvalue weighted by atomic mass is 10.1. The Morgan fingerprint density at radius 1 is 1.12 bits per heavy atom. The second kappa shape index (κ2) is 10.0. The lowest BCUT2D eigenvalue weighted by Crippen LogP contribution is -2.26. The minimum absolute atomic E-state index is 0.114. The number of amides is 1. The zero-order valence-corrected chi connectivity index (χ0v) is 15.2. The third-order valence-electron chi connectivity index (χ3n) is 3.88. The van der Waals surface area contributed by atoms with Gasteiger partial charge in [0.25, 0.3) is 0 Å². The standard InChI is InChI=1S/C20H25NO2S/c1-16-6-3-4-8-18(16)14-24-15-20(22)21-13-5-7-17-9-11-19(23-2)12-10-17/h3-4,6,8-12H,5,7,13-15H2,1-2H3,(H,21,22). The molecule has 0 bridgehead atoms. The highest BCUT2D eigenvalue weighted by Gasteiger charge is 2.03. The Labute approximate surface area is 148 Å². The van der Waals surface area contributed by atoms with E-state index in [2.05, 4.69) is 36.5 Å². The van der Waals surface area contributed by atoms with Crippen molar-refractivity contribution < 1.29 is 9.53 Å². The van der Waals surface area contributed by atoms with E-state index in [4.69, 9.17) is 4.74 Å². The molecule has 2 aromatic rings. The largest absolute Gasteiger partial charge is 0.497 e. The van der Waals surface area contributed by atoms with Crippen LogP contribution >= 0.6 is 11.8 Å². The zero-order valence-electron chi connectivity index (χ0n) is 14.4. The molecule has 0 spiro atoms. The van der Waals surface area contributed by atoms with Crippen molar-refractivity contribution in [3.8, 4) is 5.75 Å². The van der Waals surface area contributed by atoms with Crippen LogP contribution < -0.4 is 10.1 Å². The molecule has 0 saturated carbocycles. The molecule has 0 fully saturated rings. The molecule has 2 aromatic carbocycles. The lowest BCUT2D eigenvalue weighted by Gasteiger charge is -2.07. The average molecular weight is 343 g/mol. The summed E-state index contributed by atoms with van der Waals surface area (Å²) in [4.78, 5) is 11.9. The number of carbonyl (C=O) groups is 1. The van der Waals surface area contributed by atoms with Crippen LogP contribution in [0.2, 0.25) is 0 Å². The summed E-state index contributed by atoms with van der Waals surface area (Å²) in [6.07, 6.45) is 1.90. The highest BCUT2D eigenvalue weighted by Crippen LogP contribution is 2.15. The first-order valence-electron chi connectivity index (χ1n) is 8.21. The van der Waals surface area contributed by atoms with Gasteiger partial charge in [0.1, 0.15) is 5.75 Å². The van der Waals surface area contributed by atoms with Gasteiger partial charge in [0.15, 0.2) is 0 Å². The maximum atomic E-state index is 11.9. The Balaban J connectivity index is 1.58. The molecule has 0 aliphatic rings. The van der Waals surface area contributed by atoms with Crippen LogP contribution in [0.15, 0.2) is 48.5 Å². The molecule has 1 amide bonds. The Bertz CT molecular complexity index is 640. The first kappa shape index (κ1) is 18.4. The number of rotatable bonds is 9. The predicted octanol–water partition coefficient (Wildman–Crippen LogP) is 3.99. The van der Waals surface area contributed by atoms with Crippen molar-refractivity contribution in [2.45, 2.75) is 25.5 Å². The number of aryl methyl sites for hydroxylation is 2. The van der Waals surface area contributed by atoms with Crippen LogP contribution in [0.1, 0.15) is 23.1 Å². The van der Waals surface area contributed by atoms with E-state index in [1.54, 1.807) is 18.9 Å². The monoisotopic (exact) mass is 343 g/mol. The molecule has 128 valence electrons. The zero-order chi connectivity index (χ0) is 17.2. The van der Waals surface area contributed by atoms with E-state index >= 15 is 0 Å².